The molecule has 1 aliphatic rings. The molecule has 4 heteroatoms. The summed E-state index contributed by atoms with van der Waals surface area (Å²) < 4.78 is 18.6. The highest BCUT2D eigenvalue weighted by atomic mass is 19.1. The Morgan fingerprint density at radius 1 is 1.40 bits per heavy atom. The van der Waals surface area contributed by atoms with Gasteiger partial charge in [0.25, 0.3) is 0 Å². The summed E-state index contributed by atoms with van der Waals surface area (Å²) in [5, 5.41) is 13.3. The molecule has 0 saturated heterocycles. The summed E-state index contributed by atoms with van der Waals surface area (Å²) in [5.74, 6) is 0.344. The van der Waals surface area contributed by atoms with Crippen LogP contribution in [0.25, 0.3) is 0 Å². The summed E-state index contributed by atoms with van der Waals surface area (Å²) in [6.45, 7) is 0.397. The highest BCUT2D eigenvalue weighted by Gasteiger charge is 2.21. The van der Waals surface area contributed by atoms with Gasteiger partial charge in [0.2, 0.25) is 0 Å². The lowest BCUT2D eigenvalue weighted by Crippen LogP contribution is -2.29. The van der Waals surface area contributed by atoms with Crippen molar-refractivity contribution in [2.24, 2.45) is 0 Å². The molecule has 3 nitrogen and oxygen atoms in total. The van der Waals surface area contributed by atoms with E-state index < -0.39 is 6.10 Å². The molecule has 0 aliphatic heterocycles. The van der Waals surface area contributed by atoms with Crippen LogP contribution in [0.1, 0.15) is 41.9 Å². The van der Waals surface area contributed by atoms with Crippen molar-refractivity contribution in [1.82, 2.24) is 5.32 Å². The minimum Gasteiger partial charge on any atom is -0.467 e. The standard InChI is InChI=1S/C16H18FNO2/c17-12-7-6-11-3-1-4-14(13(11)9-12)18-10-15(19)16-5-2-8-20-16/h2,5-9,14-15,18-19H,1,3-4,10H2. The van der Waals surface area contributed by atoms with E-state index in [-0.39, 0.29) is 11.9 Å². The van der Waals surface area contributed by atoms with E-state index in [1.807, 2.05) is 6.07 Å². The van der Waals surface area contributed by atoms with Crippen molar-refractivity contribution in [3.63, 3.8) is 0 Å². The van der Waals surface area contributed by atoms with E-state index in [2.05, 4.69) is 5.32 Å². The van der Waals surface area contributed by atoms with Gasteiger partial charge in [-0.2, -0.15) is 0 Å². The first-order valence-electron chi connectivity index (χ1n) is 6.97. The van der Waals surface area contributed by atoms with Crippen molar-refractivity contribution >= 4 is 0 Å². The van der Waals surface area contributed by atoms with Crippen molar-refractivity contribution in [2.75, 3.05) is 6.54 Å². The zero-order valence-electron chi connectivity index (χ0n) is 11.2. The van der Waals surface area contributed by atoms with E-state index in [0.717, 1.165) is 24.8 Å². The number of furan rings is 1. The average Bonchev–Trinajstić information content (AvgIpc) is 2.99. The molecule has 0 amide bonds. The van der Waals surface area contributed by atoms with Gasteiger partial charge < -0.3 is 14.8 Å². The fourth-order valence-electron chi connectivity index (χ4n) is 2.82. The molecule has 2 N–H and O–H groups in total. The largest absolute Gasteiger partial charge is 0.467 e. The molecule has 2 atom stereocenters. The second-order valence-electron chi connectivity index (χ2n) is 5.23. The fraction of sp³-hybridized carbons (Fsp3) is 0.375. The molecular weight excluding hydrogens is 257 g/mol. The highest BCUT2D eigenvalue weighted by Crippen LogP contribution is 2.30. The van der Waals surface area contributed by atoms with Gasteiger partial charge in [-0.05, 0) is 54.7 Å². The second kappa shape index (κ2) is 5.77. The zero-order chi connectivity index (χ0) is 13.9. The van der Waals surface area contributed by atoms with Crippen LogP contribution in [0, 0.1) is 5.82 Å². The Morgan fingerprint density at radius 3 is 3.10 bits per heavy atom. The van der Waals surface area contributed by atoms with Crippen LogP contribution in [0.4, 0.5) is 4.39 Å². The summed E-state index contributed by atoms with van der Waals surface area (Å²) in [6.07, 6.45) is 3.90. The van der Waals surface area contributed by atoms with E-state index in [4.69, 9.17) is 4.42 Å². The number of hydrogen-bond donors (Lipinski definition) is 2. The van der Waals surface area contributed by atoms with E-state index in [0.29, 0.717) is 12.3 Å². The molecule has 3 rings (SSSR count). The van der Waals surface area contributed by atoms with Gasteiger partial charge in [0, 0.05) is 12.6 Å². The lowest BCUT2D eigenvalue weighted by molar-refractivity contribution is 0.142. The van der Waals surface area contributed by atoms with Gasteiger partial charge in [-0.25, -0.2) is 4.39 Å². The van der Waals surface area contributed by atoms with E-state index in [1.165, 1.54) is 11.6 Å². The van der Waals surface area contributed by atoms with Crippen LogP contribution in [0.3, 0.4) is 0 Å². The lowest BCUT2D eigenvalue weighted by atomic mass is 9.87. The Hall–Kier alpha value is -1.65. The van der Waals surface area contributed by atoms with Gasteiger partial charge in [0.1, 0.15) is 17.7 Å². The van der Waals surface area contributed by atoms with Crippen molar-refractivity contribution < 1.29 is 13.9 Å². The molecule has 1 aromatic carbocycles. The van der Waals surface area contributed by atoms with Crippen LogP contribution in [0.15, 0.2) is 41.0 Å². The molecule has 2 aromatic rings. The molecule has 2 unspecified atom stereocenters. The highest BCUT2D eigenvalue weighted by molar-refractivity contribution is 5.32. The molecule has 1 aliphatic carbocycles. The lowest BCUT2D eigenvalue weighted by Gasteiger charge is -2.27. The summed E-state index contributed by atoms with van der Waals surface area (Å²) in [7, 11) is 0. The van der Waals surface area contributed by atoms with E-state index in [9.17, 15) is 9.50 Å². The first-order chi connectivity index (χ1) is 9.74. The maximum absolute atomic E-state index is 13.4. The number of nitrogens with one attached hydrogen (secondary N) is 1. The minimum atomic E-state index is -0.677. The van der Waals surface area contributed by atoms with Crippen LogP contribution in [-0.4, -0.2) is 11.7 Å². The van der Waals surface area contributed by atoms with Crippen LogP contribution >= 0.6 is 0 Å². The molecule has 0 radical (unpaired) electrons. The molecule has 20 heavy (non-hydrogen) atoms. The average molecular weight is 275 g/mol. The molecule has 0 fully saturated rings. The van der Waals surface area contributed by atoms with Crippen molar-refractivity contribution in [3.8, 4) is 0 Å². The van der Waals surface area contributed by atoms with E-state index in [1.54, 1.807) is 24.5 Å². The number of benzene rings is 1. The zero-order valence-corrected chi connectivity index (χ0v) is 11.2. The van der Waals surface area contributed by atoms with Gasteiger partial charge in [0.05, 0.1) is 6.26 Å². The fourth-order valence-corrected chi connectivity index (χ4v) is 2.82. The number of halogens is 1. The number of fused-ring (bicyclic) bond motifs is 1. The maximum atomic E-state index is 13.4. The number of aliphatic hydroxyl groups excluding tert-OH is 1. The summed E-state index contributed by atoms with van der Waals surface area (Å²) >= 11 is 0. The van der Waals surface area contributed by atoms with E-state index >= 15 is 0 Å². The Kier molecular flexibility index (Phi) is 3.85. The van der Waals surface area contributed by atoms with Gasteiger partial charge >= 0.3 is 0 Å². The monoisotopic (exact) mass is 275 g/mol. The Morgan fingerprint density at radius 2 is 2.30 bits per heavy atom. The van der Waals surface area contributed by atoms with Crippen molar-refractivity contribution in [3.05, 3.63) is 59.3 Å². The topological polar surface area (TPSA) is 45.4 Å². The molecular formula is C16H18FNO2. The number of aliphatic hydroxyl groups is 1. The Balaban J connectivity index is 1.69. The van der Waals surface area contributed by atoms with Crippen LogP contribution in [0.2, 0.25) is 0 Å². The summed E-state index contributed by atoms with van der Waals surface area (Å²) in [6, 6.07) is 8.58. The SMILES string of the molecule is OC(CNC1CCCc2ccc(F)cc21)c1ccco1. The third-order valence-corrected chi connectivity index (χ3v) is 3.85. The molecule has 0 saturated carbocycles. The predicted octanol–water partition coefficient (Wildman–Crippen LogP) is 3.12. The third kappa shape index (κ3) is 2.76. The van der Waals surface area contributed by atoms with Crippen LogP contribution < -0.4 is 5.32 Å². The molecule has 106 valence electrons. The maximum Gasteiger partial charge on any atom is 0.133 e. The number of rotatable bonds is 4. The summed E-state index contributed by atoms with van der Waals surface area (Å²) in [4.78, 5) is 0. The first-order valence-corrected chi connectivity index (χ1v) is 6.97. The molecule has 1 heterocycles. The number of hydrogen-bond acceptors (Lipinski definition) is 3. The molecule has 0 bridgehead atoms. The van der Waals surface area contributed by atoms with Gasteiger partial charge in [-0.3, -0.25) is 0 Å². The van der Waals surface area contributed by atoms with Gasteiger partial charge in [-0.15, -0.1) is 0 Å². The van der Waals surface area contributed by atoms with Crippen molar-refractivity contribution in [2.45, 2.75) is 31.4 Å². The Labute approximate surface area is 117 Å². The number of aryl methyl sites for hydroxylation is 1. The smallest absolute Gasteiger partial charge is 0.133 e. The first kappa shape index (κ1) is 13.3. The normalized spacial score (nSPS) is 19.6. The molecule has 0 spiro atoms. The second-order valence-corrected chi connectivity index (χ2v) is 5.23. The van der Waals surface area contributed by atoms with Gasteiger partial charge in [0.15, 0.2) is 0 Å². The molecule has 1 aromatic heterocycles. The Bertz CT molecular complexity index is 568. The minimum absolute atomic E-state index is 0.0964. The third-order valence-electron chi connectivity index (χ3n) is 3.85. The quantitative estimate of drug-likeness (QED) is 0.901. The predicted molar refractivity (Wildman–Crippen MR) is 73.7 cm³/mol. The van der Waals surface area contributed by atoms with Crippen molar-refractivity contribution in [1.29, 1.82) is 0 Å². The van der Waals surface area contributed by atoms with Crippen LogP contribution in [-0.2, 0) is 6.42 Å². The summed E-state index contributed by atoms with van der Waals surface area (Å²) in [5.41, 5.74) is 2.21. The van der Waals surface area contributed by atoms with Gasteiger partial charge in [-0.1, -0.05) is 6.07 Å². The van der Waals surface area contributed by atoms with Crippen LogP contribution in [0.5, 0.6) is 0 Å².